The van der Waals surface area contributed by atoms with Crippen LogP contribution in [-0.2, 0) is 14.3 Å². The number of ether oxygens (including phenoxy) is 2. The topological polar surface area (TPSA) is 42.0 Å². The molecule has 0 aliphatic carbocycles. The maximum atomic E-state index is 11.8. The van der Waals surface area contributed by atoms with Crippen molar-refractivity contribution in [2.75, 3.05) is 40.4 Å². The minimum absolute atomic E-state index is 0.168. The SMILES string of the molecule is COC(CN1CCCC(N2CCCC2=O)C1)OC. The van der Waals surface area contributed by atoms with E-state index in [1.54, 1.807) is 14.2 Å². The highest BCUT2D eigenvalue weighted by atomic mass is 16.7. The largest absolute Gasteiger partial charge is 0.355 e. The summed E-state index contributed by atoms with van der Waals surface area (Å²) in [5.74, 6) is 0.330. The van der Waals surface area contributed by atoms with Crippen LogP contribution >= 0.6 is 0 Å². The van der Waals surface area contributed by atoms with Crippen molar-refractivity contribution >= 4 is 5.91 Å². The maximum Gasteiger partial charge on any atom is 0.222 e. The molecule has 1 atom stereocenters. The fourth-order valence-electron chi connectivity index (χ4n) is 2.96. The number of carbonyl (C=O) groups excluding carboxylic acids is 1. The first-order chi connectivity index (χ1) is 8.74. The zero-order chi connectivity index (χ0) is 13.0. The number of likely N-dealkylation sites (tertiary alicyclic amines) is 2. The lowest BCUT2D eigenvalue weighted by molar-refractivity contribution is -0.133. The Morgan fingerprint density at radius 1 is 1.28 bits per heavy atom. The Kier molecular flexibility index (Phi) is 4.97. The molecule has 0 bridgehead atoms. The van der Waals surface area contributed by atoms with E-state index in [2.05, 4.69) is 9.80 Å². The van der Waals surface area contributed by atoms with E-state index in [0.29, 0.717) is 11.9 Å². The summed E-state index contributed by atoms with van der Waals surface area (Å²) in [5.41, 5.74) is 0. The fourth-order valence-corrected chi connectivity index (χ4v) is 2.96. The van der Waals surface area contributed by atoms with Crippen LogP contribution in [0.5, 0.6) is 0 Å². The molecule has 0 radical (unpaired) electrons. The molecular weight excluding hydrogens is 232 g/mol. The third-order valence-electron chi connectivity index (χ3n) is 3.96. The molecule has 2 fully saturated rings. The van der Waals surface area contributed by atoms with E-state index in [4.69, 9.17) is 9.47 Å². The highest BCUT2D eigenvalue weighted by Gasteiger charge is 2.31. The summed E-state index contributed by atoms with van der Waals surface area (Å²) in [6.45, 7) is 3.75. The predicted molar refractivity (Wildman–Crippen MR) is 68.2 cm³/mol. The molecule has 0 saturated carbocycles. The Morgan fingerprint density at radius 3 is 2.67 bits per heavy atom. The molecule has 0 aromatic rings. The van der Waals surface area contributed by atoms with Gasteiger partial charge in [-0.15, -0.1) is 0 Å². The summed E-state index contributed by atoms with van der Waals surface area (Å²) in [4.78, 5) is 16.2. The molecule has 2 saturated heterocycles. The Bertz CT molecular complexity index is 281. The van der Waals surface area contributed by atoms with Gasteiger partial charge in [0.1, 0.15) is 0 Å². The van der Waals surface area contributed by atoms with E-state index in [0.717, 1.165) is 51.9 Å². The summed E-state index contributed by atoms with van der Waals surface area (Å²) in [5, 5.41) is 0. The molecule has 2 rings (SSSR count). The van der Waals surface area contributed by atoms with E-state index in [9.17, 15) is 4.79 Å². The molecule has 5 nitrogen and oxygen atoms in total. The van der Waals surface area contributed by atoms with Crippen LogP contribution in [0.4, 0.5) is 0 Å². The van der Waals surface area contributed by atoms with E-state index >= 15 is 0 Å². The molecule has 18 heavy (non-hydrogen) atoms. The van der Waals surface area contributed by atoms with Gasteiger partial charge in [0.2, 0.25) is 5.91 Å². The van der Waals surface area contributed by atoms with Crippen LogP contribution in [-0.4, -0.2) is 68.4 Å². The quantitative estimate of drug-likeness (QED) is 0.679. The highest BCUT2D eigenvalue weighted by Crippen LogP contribution is 2.21. The lowest BCUT2D eigenvalue weighted by Crippen LogP contribution is -2.50. The van der Waals surface area contributed by atoms with E-state index < -0.39 is 0 Å². The average Bonchev–Trinajstić information content (AvgIpc) is 2.82. The van der Waals surface area contributed by atoms with Crippen LogP contribution in [0, 0.1) is 0 Å². The average molecular weight is 256 g/mol. The third-order valence-corrected chi connectivity index (χ3v) is 3.96. The molecule has 5 heteroatoms. The standard InChI is InChI=1S/C13H24N2O3/c1-17-13(18-2)10-14-7-3-5-11(9-14)15-8-4-6-12(15)16/h11,13H,3-10H2,1-2H3. The zero-order valence-electron chi connectivity index (χ0n) is 11.4. The lowest BCUT2D eigenvalue weighted by Gasteiger charge is -2.38. The number of amides is 1. The second kappa shape index (κ2) is 6.50. The van der Waals surface area contributed by atoms with Crippen LogP contribution in [0.25, 0.3) is 0 Å². The van der Waals surface area contributed by atoms with E-state index in [1.165, 1.54) is 0 Å². The van der Waals surface area contributed by atoms with Gasteiger partial charge in [-0.3, -0.25) is 9.69 Å². The minimum Gasteiger partial charge on any atom is -0.355 e. The maximum absolute atomic E-state index is 11.8. The van der Waals surface area contributed by atoms with Gasteiger partial charge in [0, 0.05) is 46.3 Å². The predicted octanol–water partition coefficient (Wildman–Crippen LogP) is 0.692. The molecule has 1 unspecified atom stereocenters. The Hall–Kier alpha value is -0.650. The third kappa shape index (κ3) is 3.22. The van der Waals surface area contributed by atoms with E-state index in [-0.39, 0.29) is 6.29 Å². The first-order valence-corrected chi connectivity index (χ1v) is 6.82. The molecule has 2 heterocycles. The second-order valence-corrected chi connectivity index (χ2v) is 5.15. The minimum atomic E-state index is -0.168. The lowest BCUT2D eigenvalue weighted by atomic mass is 10.0. The molecule has 2 aliphatic heterocycles. The van der Waals surface area contributed by atoms with Gasteiger partial charge in [0.15, 0.2) is 6.29 Å². The smallest absolute Gasteiger partial charge is 0.222 e. The number of methoxy groups -OCH3 is 2. The van der Waals surface area contributed by atoms with Crippen LogP contribution < -0.4 is 0 Å². The molecule has 104 valence electrons. The van der Waals surface area contributed by atoms with Gasteiger partial charge in [-0.25, -0.2) is 0 Å². The van der Waals surface area contributed by atoms with Gasteiger partial charge >= 0.3 is 0 Å². The summed E-state index contributed by atoms with van der Waals surface area (Å²) >= 11 is 0. The fraction of sp³-hybridized carbons (Fsp3) is 0.923. The van der Waals surface area contributed by atoms with Gasteiger partial charge in [-0.1, -0.05) is 0 Å². The summed E-state index contributed by atoms with van der Waals surface area (Å²) in [6.07, 6.45) is 3.86. The molecule has 2 aliphatic rings. The second-order valence-electron chi connectivity index (χ2n) is 5.15. The monoisotopic (exact) mass is 256 g/mol. The Labute approximate surface area is 109 Å². The number of piperidine rings is 1. The molecule has 0 spiro atoms. The van der Waals surface area contributed by atoms with Gasteiger partial charge in [-0.2, -0.15) is 0 Å². The zero-order valence-corrected chi connectivity index (χ0v) is 11.4. The van der Waals surface area contributed by atoms with Gasteiger partial charge in [-0.05, 0) is 25.8 Å². The Morgan fingerprint density at radius 2 is 2.06 bits per heavy atom. The van der Waals surface area contributed by atoms with Gasteiger partial charge in [0.05, 0.1) is 0 Å². The van der Waals surface area contributed by atoms with Crippen LogP contribution in [0.15, 0.2) is 0 Å². The van der Waals surface area contributed by atoms with Crippen LogP contribution in [0.1, 0.15) is 25.7 Å². The van der Waals surface area contributed by atoms with Crippen molar-refractivity contribution in [2.24, 2.45) is 0 Å². The van der Waals surface area contributed by atoms with E-state index in [1.807, 2.05) is 0 Å². The number of carbonyl (C=O) groups is 1. The summed E-state index contributed by atoms with van der Waals surface area (Å²) < 4.78 is 10.5. The number of rotatable bonds is 5. The van der Waals surface area contributed by atoms with Crippen molar-refractivity contribution in [3.63, 3.8) is 0 Å². The van der Waals surface area contributed by atoms with Gasteiger partial charge in [0.25, 0.3) is 0 Å². The number of nitrogens with zero attached hydrogens (tertiary/aromatic N) is 2. The Balaban J connectivity index is 1.86. The molecular formula is C13H24N2O3. The summed E-state index contributed by atoms with van der Waals surface area (Å²) in [6, 6.07) is 0.392. The van der Waals surface area contributed by atoms with Crippen molar-refractivity contribution in [3.05, 3.63) is 0 Å². The first kappa shape index (κ1) is 13.8. The molecule has 0 aromatic carbocycles. The van der Waals surface area contributed by atoms with Crippen molar-refractivity contribution in [1.29, 1.82) is 0 Å². The normalized spacial score (nSPS) is 26.3. The summed E-state index contributed by atoms with van der Waals surface area (Å²) in [7, 11) is 3.33. The van der Waals surface area contributed by atoms with Crippen molar-refractivity contribution < 1.29 is 14.3 Å². The van der Waals surface area contributed by atoms with Crippen molar-refractivity contribution in [2.45, 2.75) is 38.0 Å². The molecule has 0 aromatic heterocycles. The van der Waals surface area contributed by atoms with Gasteiger partial charge < -0.3 is 14.4 Å². The number of hydrogen-bond acceptors (Lipinski definition) is 4. The molecule has 0 N–H and O–H groups in total. The highest BCUT2D eigenvalue weighted by molar-refractivity contribution is 5.78. The van der Waals surface area contributed by atoms with Crippen LogP contribution in [0.2, 0.25) is 0 Å². The molecule has 1 amide bonds. The first-order valence-electron chi connectivity index (χ1n) is 6.82. The van der Waals surface area contributed by atoms with Crippen molar-refractivity contribution in [3.8, 4) is 0 Å². The van der Waals surface area contributed by atoms with Crippen LogP contribution in [0.3, 0.4) is 0 Å². The number of hydrogen-bond donors (Lipinski definition) is 0. The van der Waals surface area contributed by atoms with Crippen molar-refractivity contribution in [1.82, 2.24) is 9.80 Å².